The number of hydrogen-bond acceptors (Lipinski definition) is 5. The summed E-state index contributed by atoms with van der Waals surface area (Å²) >= 11 is 0. The minimum absolute atomic E-state index is 0.0278. The number of carbonyl (C=O) groups excluding carboxylic acids is 1. The molecule has 6 nitrogen and oxygen atoms in total. The molecule has 0 saturated carbocycles. The lowest BCUT2D eigenvalue weighted by Crippen LogP contribution is -2.48. The van der Waals surface area contributed by atoms with Crippen LogP contribution in [0.2, 0.25) is 0 Å². The van der Waals surface area contributed by atoms with Crippen molar-refractivity contribution < 1.29 is 19.0 Å². The van der Waals surface area contributed by atoms with Gasteiger partial charge >= 0.3 is 0 Å². The normalized spacial score (nSPS) is 17.7. The lowest BCUT2D eigenvalue weighted by Gasteiger charge is -2.33. The number of carbonyl (C=O) groups is 1. The Kier molecular flexibility index (Phi) is 8.88. The Balaban J connectivity index is 1.92. The first-order valence-electron chi connectivity index (χ1n) is 10.0. The molecule has 0 aromatic heterocycles. The second kappa shape index (κ2) is 11.1. The van der Waals surface area contributed by atoms with Crippen molar-refractivity contribution in [1.82, 2.24) is 10.2 Å². The first-order chi connectivity index (χ1) is 13.0. The van der Waals surface area contributed by atoms with Crippen molar-refractivity contribution in [3.63, 3.8) is 0 Å². The van der Waals surface area contributed by atoms with Crippen molar-refractivity contribution in [2.75, 3.05) is 46.0 Å². The third kappa shape index (κ3) is 7.03. The van der Waals surface area contributed by atoms with Crippen molar-refractivity contribution in [1.29, 1.82) is 0 Å². The average molecular weight is 379 g/mol. The number of benzene rings is 1. The van der Waals surface area contributed by atoms with E-state index >= 15 is 0 Å². The summed E-state index contributed by atoms with van der Waals surface area (Å²) in [5.74, 6) is 1.79. The fourth-order valence-electron chi connectivity index (χ4n) is 3.14. The monoisotopic (exact) mass is 378 g/mol. The van der Waals surface area contributed by atoms with Crippen molar-refractivity contribution in [2.45, 2.75) is 40.2 Å². The highest BCUT2D eigenvalue weighted by molar-refractivity contribution is 5.94. The summed E-state index contributed by atoms with van der Waals surface area (Å²) in [6.45, 7) is 13.6. The van der Waals surface area contributed by atoms with Crippen LogP contribution in [0.15, 0.2) is 18.2 Å². The number of ether oxygens (including phenoxy) is 3. The van der Waals surface area contributed by atoms with Gasteiger partial charge in [0.1, 0.15) is 0 Å². The second-order valence-electron chi connectivity index (χ2n) is 7.30. The number of nitrogens with one attached hydrogen (secondary N) is 1. The average Bonchev–Trinajstić information content (AvgIpc) is 2.65. The third-order valence-electron chi connectivity index (χ3n) is 4.30. The Labute approximate surface area is 163 Å². The van der Waals surface area contributed by atoms with Crippen molar-refractivity contribution in [3.05, 3.63) is 23.8 Å². The lowest BCUT2D eigenvalue weighted by molar-refractivity contribution is -0.0295. The van der Waals surface area contributed by atoms with Gasteiger partial charge in [-0.25, -0.2) is 0 Å². The topological polar surface area (TPSA) is 60.0 Å². The summed E-state index contributed by atoms with van der Waals surface area (Å²) in [7, 11) is 0. The van der Waals surface area contributed by atoms with E-state index in [1.54, 1.807) is 18.2 Å². The van der Waals surface area contributed by atoms with Gasteiger partial charge in [0.05, 0.1) is 25.9 Å². The van der Waals surface area contributed by atoms with Crippen LogP contribution in [0, 0.1) is 5.92 Å². The summed E-state index contributed by atoms with van der Waals surface area (Å²) in [5, 5.41) is 2.99. The molecule has 1 aliphatic heterocycles. The van der Waals surface area contributed by atoms with Gasteiger partial charge in [0.15, 0.2) is 11.5 Å². The standard InChI is InChI=1S/C21H34N2O4/c1-5-10-27-19-8-7-17(12-20(19)25-6-2)21(24)22-13-18-15-23(9-11-26-18)14-16(3)4/h7-8,12,16,18H,5-6,9-11,13-15H2,1-4H3,(H,22,24)/t18-/m1/s1. The van der Waals surface area contributed by atoms with Gasteiger partial charge in [0.2, 0.25) is 0 Å². The van der Waals surface area contributed by atoms with E-state index in [0.29, 0.717) is 49.3 Å². The predicted molar refractivity (Wildman–Crippen MR) is 107 cm³/mol. The maximum Gasteiger partial charge on any atom is 0.251 e. The van der Waals surface area contributed by atoms with Crippen LogP contribution in [0.1, 0.15) is 44.5 Å². The predicted octanol–water partition coefficient (Wildman–Crippen LogP) is 2.96. The summed E-state index contributed by atoms with van der Waals surface area (Å²) in [4.78, 5) is 15.0. The molecular formula is C21H34N2O4. The molecule has 1 heterocycles. The van der Waals surface area contributed by atoms with Gasteiger partial charge < -0.3 is 19.5 Å². The van der Waals surface area contributed by atoms with E-state index in [1.165, 1.54) is 0 Å². The third-order valence-corrected chi connectivity index (χ3v) is 4.30. The van der Waals surface area contributed by atoms with Gasteiger partial charge in [-0.15, -0.1) is 0 Å². The Morgan fingerprint density at radius 1 is 1.30 bits per heavy atom. The SMILES string of the molecule is CCCOc1ccc(C(=O)NC[C@@H]2CN(CC(C)C)CCO2)cc1OCC. The minimum atomic E-state index is -0.123. The molecule has 0 bridgehead atoms. The van der Waals surface area contributed by atoms with Crippen LogP contribution in [0.3, 0.4) is 0 Å². The molecule has 6 heteroatoms. The number of morpholine rings is 1. The molecular weight excluding hydrogens is 344 g/mol. The van der Waals surface area contributed by atoms with Crippen LogP contribution < -0.4 is 14.8 Å². The van der Waals surface area contributed by atoms with E-state index in [4.69, 9.17) is 14.2 Å². The summed E-state index contributed by atoms with van der Waals surface area (Å²) in [6.07, 6.45) is 0.947. The molecule has 0 spiro atoms. The first kappa shape index (κ1) is 21.5. The summed E-state index contributed by atoms with van der Waals surface area (Å²) in [5.41, 5.74) is 0.567. The van der Waals surface area contributed by atoms with Crippen molar-refractivity contribution in [3.8, 4) is 11.5 Å². The Bertz CT molecular complexity index is 592. The first-order valence-corrected chi connectivity index (χ1v) is 10.0. The maximum atomic E-state index is 12.6. The van der Waals surface area contributed by atoms with Crippen LogP contribution in [0.25, 0.3) is 0 Å². The van der Waals surface area contributed by atoms with Crippen LogP contribution in [0.4, 0.5) is 0 Å². The van der Waals surface area contributed by atoms with Crippen LogP contribution >= 0.6 is 0 Å². The maximum absolute atomic E-state index is 12.6. The highest BCUT2D eigenvalue weighted by Gasteiger charge is 2.22. The van der Waals surface area contributed by atoms with Gasteiger partial charge in [0, 0.05) is 31.7 Å². The molecule has 0 radical (unpaired) electrons. The minimum Gasteiger partial charge on any atom is -0.490 e. The Hall–Kier alpha value is -1.79. The van der Waals surface area contributed by atoms with Crippen LogP contribution in [-0.4, -0.2) is 62.9 Å². The molecule has 1 aliphatic rings. The van der Waals surface area contributed by atoms with Crippen molar-refractivity contribution in [2.24, 2.45) is 5.92 Å². The number of amides is 1. The molecule has 0 aliphatic carbocycles. The van der Waals surface area contributed by atoms with Crippen LogP contribution in [0.5, 0.6) is 11.5 Å². The smallest absolute Gasteiger partial charge is 0.251 e. The van der Waals surface area contributed by atoms with Gasteiger partial charge in [-0.1, -0.05) is 20.8 Å². The molecule has 1 aromatic carbocycles. The molecule has 2 rings (SSSR count). The summed E-state index contributed by atoms with van der Waals surface area (Å²) in [6, 6.07) is 5.32. The van der Waals surface area contributed by atoms with Gasteiger partial charge in [0.25, 0.3) is 5.91 Å². The molecule has 27 heavy (non-hydrogen) atoms. The molecule has 0 unspecified atom stereocenters. The molecule has 1 aromatic rings. The Morgan fingerprint density at radius 2 is 2.11 bits per heavy atom. The number of hydrogen-bond donors (Lipinski definition) is 1. The van der Waals surface area contributed by atoms with E-state index < -0.39 is 0 Å². The highest BCUT2D eigenvalue weighted by Crippen LogP contribution is 2.28. The number of nitrogens with zero attached hydrogens (tertiary/aromatic N) is 1. The van der Waals surface area contributed by atoms with Crippen molar-refractivity contribution >= 4 is 5.91 Å². The molecule has 1 atom stereocenters. The van der Waals surface area contributed by atoms with Gasteiger partial charge in [-0.05, 0) is 37.5 Å². The van der Waals surface area contributed by atoms with E-state index in [9.17, 15) is 4.79 Å². The van der Waals surface area contributed by atoms with Gasteiger partial charge in [-0.2, -0.15) is 0 Å². The largest absolute Gasteiger partial charge is 0.490 e. The fraction of sp³-hybridized carbons (Fsp3) is 0.667. The van der Waals surface area contributed by atoms with Gasteiger partial charge in [-0.3, -0.25) is 9.69 Å². The quantitative estimate of drug-likeness (QED) is 0.678. The molecule has 152 valence electrons. The zero-order valence-corrected chi connectivity index (χ0v) is 17.1. The molecule has 1 fully saturated rings. The highest BCUT2D eigenvalue weighted by atomic mass is 16.5. The summed E-state index contributed by atoms with van der Waals surface area (Å²) < 4.78 is 17.1. The zero-order valence-electron chi connectivity index (χ0n) is 17.1. The van der Waals surface area contributed by atoms with E-state index in [2.05, 4.69) is 31.0 Å². The molecule has 1 saturated heterocycles. The fourth-order valence-corrected chi connectivity index (χ4v) is 3.14. The molecule has 1 N–H and O–H groups in total. The zero-order chi connectivity index (χ0) is 19.6. The van der Waals surface area contributed by atoms with E-state index in [1.807, 2.05) is 6.92 Å². The van der Waals surface area contributed by atoms with Crippen LogP contribution in [-0.2, 0) is 4.74 Å². The van der Waals surface area contributed by atoms with E-state index in [-0.39, 0.29) is 12.0 Å². The van der Waals surface area contributed by atoms with E-state index in [0.717, 1.165) is 26.1 Å². The Morgan fingerprint density at radius 3 is 2.81 bits per heavy atom. The number of rotatable bonds is 10. The second-order valence-corrected chi connectivity index (χ2v) is 7.30. The molecule has 1 amide bonds. The lowest BCUT2D eigenvalue weighted by atomic mass is 10.1.